The van der Waals surface area contributed by atoms with E-state index < -0.39 is 29.7 Å². The monoisotopic (exact) mass is 454 g/mol. The van der Waals surface area contributed by atoms with Crippen LogP contribution in [0.5, 0.6) is 0 Å². The van der Waals surface area contributed by atoms with Crippen LogP contribution in [0.4, 0.5) is 5.82 Å². The van der Waals surface area contributed by atoms with E-state index in [-0.39, 0.29) is 23.8 Å². The molecule has 1 aromatic carbocycles. The van der Waals surface area contributed by atoms with Gasteiger partial charge in [-0.2, -0.15) is 5.10 Å². The van der Waals surface area contributed by atoms with Crippen molar-refractivity contribution in [3.63, 3.8) is 0 Å². The fourth-order valence-electron chi connectivity index (χ4n) is 4.20. The SMILES string of the molecule is CC(CC(=O)Nc1cc(C(=O)O)nn1C)C(=O)N[C@@H]1C(=O)N2CCCN2Cc2ccccc21. The molecular formula is C22H26N6O5. The zero-order chi connectivity index (χ0) is 23.7. The normalized spacial score (nSPS) is 18.8. The summed E-state index contributed by atoms with van der Waals surface area (Å²) in [7, 11) is 1.51. The minimum Gasteiger partial charge on any atom is -0.476 e. The van der Waals surface area contributed by atoms with Gasteiger partial charge < -0.3 is 15.7 Å². The molecule has 174 valence electrons. The number of anilines is 1. The van der Waals surface area contributed by atoms with Crippen LogP contribution < -0.4 is 10.6 Å². The molecule has 33 heavy (non-hydrogen) atoms. The number of nitrogens with zero attached hydrogens (tertiary/aromatic N) is 4. The summed E-state index contributed by atoms with van der Waals surface area (Å²) in [6.07, 6.45) is 0.737. The van der Waals surface area contributed by atoms with Crippen LogP contribution in [0, 0.1) is 5.92 Å². The number of benzene rings is 1. The van der Waals surface area contributed by atoms with Crippen molar-refractivity contribution in [2.75, 3.05) is 18.4 Å². The molecule has 11 heteroatoms. The van der Waals surface area contributed by atoms with Crippen LogP contribution in [-0.2, 0) is 28.0 Å². The topological polar surface area (TPSA) is 137 Å². The number of rotatable bonds is 6. The molecule has 1 saturated heterocycles. The fourth-order valence-corrected chi connectivity index (χ4v) is 4.20. The fraction of sp³-hybridized carbons (Fsp3) is 0.409. The van der Waals surface area contributed by atoms with Crippen molar-refractivity contribution in [1.82, 2.24) is 25.1 Å². The number of aryl methyl sites for hydroxylation is 1. The zero-order valence-corrected chi connectivity index (χ0v) is 18.4. The molecular weight excluding hydrogens is 428 g/mol. The minimum atomic E-state index is -1.20. The highest BCUT2D eigenvalue weighted by Gasteiger charge is 2.38. The molecule has 2 aliphatic rings. The molecule has 2 atom stereocenters. The third-order valence-electron chi connectivity index (χ3n) is 5.94. The molecule has 11 nitrogen and oxygen atoms in total. The van der Waals surface area contributed by atoms with Gasteiger partial charge in [0.15, 0.2) is 5.69 Å². The van der Waals surface area contributed by atoms with Crippen LogP contribution in [0.2, 0.25) is 0 Å². The summed E-state index contributed by atoms with van der Waals surface area (Å²) < 4.78 is 1.25. The van der Waals surface area contributed by atoms with Gasteiger partial charge >= 0.3 is 5.97 Å². The first-order valence-corrected chi connectivity index (χ1v) is 10.8. The average molecular weight is 454 g/mol. The van der Waals surface area contributed by atoms with Crippen molar-refractivity contribution in [2.45, 2.75) is 32.4 Å². The van der Waals surface area contributed by atoms with E-state index in [1.54, 1.807) is 11.9 Å². The van der Waals surface area contributed by atoms with Gasteiger partial charge in [-0.1, -0.05) is 31.2 Å². The predicted molar refractivity (Wildman–Crippen MR) is 117 cm³/mol. The summed E-state index contributed by atoms with van der Waals surface area (Å²) in [4.78, 5) is 49.7. The van der Waals surface area contributed by atoms with Gasteiger partial charge in [0.1, 0.15) is 11.9 Å². The lowest BCUT2D eigenvalue weighted by atomic mass is 9.98. The number of aromatic carboxylic acids is 1. The average Bonchev–Trinajstić information content (AvgIpc) is 3.36. The van der Waals surface area contributed by atoms with E-state index in [1.807, 2.05) is 29.3 Å². The molecule has 0 saturated carbocycles. The van der Waals surface area contributed by atoms with Gasteiger partial charge in [0.2, 0.25) is 11.8 Å². The summed E-state index contributed by atoms with van der Waals surface area (Å²) in [6, 6.07) is 7.98. The van der Waals surface area contributed by atoms with Gasteiger partial charge in [-0.15, -0.1) is 0 Å². The Hall–Kier alpha value is -3.73. The summed E-state index contributed by atoms with van der Waals surface area (Å²) in [6.45, 7) is 3.61. The van der Waals surface area contributed by atoms with Gasteiger partial charge in [-0.05, 0) is 17.5 Å². The summed E-state index contributed by atoms with van der Waals surface area (Å²) in [5.41, 5.74) is 1.55. The molecule has 4 rings (SSSR count). The summed E-state index contributed by atoms with van der Waals surface area (Å²) in [5, 5.41) is 21.9. The Morgan fingerprint density at radius 1 is 1.24 bits per heavy atom. The van der Waals surface area contributed by atoms with Crippen molar-refractivity contribution in [3.8, 4) is 0 Å². The molecule has 3 N–H and O–H groups in total. The maximum Gasteiger partial charge on any atom is 0.356 e. The number of aromatic nitrogens is 2. The lowest BCUT2D eigenvalue weighted by Gasteiger charge is -2.28. The number of carbonyl (C=O) groups is 4. The molecule has 3 heterocycles. The van der Waals surface area contributed by atoms with E-state index in [0.717, 1.165) is 24.1 Å². The Labute approximate surface area is 190 Å². The Morgan fingerprint density at radius 2 is 2.00 bits per heavy atom. The van der Waals surface area contributed by atoms with Gasteiger partial charge in [0.05, 0.1) is 0 Å². The molecule has 0 spiro atoms. The third kappa shape index (κ3) is 4.58. The van der Waals surface area contributed by atoms with Crippen molar-refractivity contribution >= 4 is 29.5 Å². The van der Waals surface area contributed by atoms with Gasteiger partial charge in [-0.25, -0.2) is 9.80 Å². The largest absolute Gasteiger partial charge is 0.476 e. The lowest BCUT2D eigenvalue weighted by molar-refractivity contribution is -0.148. The standard InChI is InChI=1S/C22H26N6O5/c1-13(10-18(29)23-17-11-16(22(32)33)25-26(17)2)20(30)24-19-15-7-4-3-6-14(15)12-27-8-5-9-28(27)21(19)31/h3-4,6-7,11,13,19H,5,8-10,12H2,1-2H3,(H,23,29)(H,24,30)(H,32,33)/t13?,19-/m0/s1. The summed E-state index contributed by atoms with van der Waals surface area (Å²) in [5.74, 6) is -2.76. The quantitative estimate of drug-likeness (QED) is 0.590. The molecule has 3 amide bonds. The van der Waals surface area contributed by atoms with Crippen LogP contribution in [0.15, 0.2) is 30.3 Å². The first kappa shape index (κ1) is 22.5. The van der Waals surface area contributed by atoms with E-state index in [9.17, 15) is 19.2 Å². The van der Waals surface area contributed by atoms with Gasteiger partial charge in [0.25, 0.3) is 5.91 Å². The molecule has 1 aromatic heterocycles. The van der Waals surface area contributed by atoms with Crippen molar-refractivity contribution in [3.05, 3.63) is 47.2 Å². The number of fused-ring (bicyclic) bond motifs is 2. The van der Waals surface area contributed by atoms with Gasteiger partial charge in [0, 0.05) is 45.1 Å². The highest BCUT2D eigenvalue weighted by Crippen LogP contribution is 2.30. The molecule has 2 aliphatic heterocycles. The number of hydrogen-bond donors (Lipinski definition) is 3. The van der Waals surface area contributed by atoms with Crippen molar-refractivity contribution in [1.29, 1.82) is 0 Å². The Balaban J connectivity index is 1.44. The number of hydrazine groups is 1. The number of nitrogens with one attached hydrogen (secondary N) is 2. The van der Waals surface area contributed by atoms with E-state index in [2.05, 4.69) is 15.7 Å². The Kier molecular flexibility index (Phi) is 6.14. The first-order valence-electron chi connectivity index (χ1n) is 10.8. The van der Waals surface area contributed by atoms with Crippen LogP contribution in [0.3, 0.4) is 0 Å². The van der Waals surface area contributed by atoms with E-state index in [4.69, 9.17) is 5.11 Å². The van der Waals surface area contributed by atoms with E-state index in [1.165, 1.54) is 17.8 Å². The molecule has 2 aromatic rings. The van der Waals surface area contributed by atoms with Crippen molar-refractivity contribution < 1.29 is 24.3 Å². The number of hydrogen-bond acceptors (Lipinski definition) is 6. The van der Waals surface area contributed by atoms with Gasteiger partial charge in [-0.3, -0.25) is 24.1 Å². The maximum atomic E-state index is 13.2. The molecule has 1 fully saturated rings. The van der Waals surface area contributed by atoms with Crippen molar-refractivity contribution in [2.24, 2.45) is 13.0 Å². The molecule has 0 bridgehead atoms. The Bertz CT molecular complexity index is 1110. The summed E-state index contributed by atoms with van der Waals surface area (Å²) >= 11 is 0. The van der Waals surface area contributed by atoms with Crippen LogP contribution in [-0.4, -0.2) is 61.7 Å². The number of carboxylic acids is 1. The lowest BCUT2D eigenvalue weighted by Crippen LogP contribution is -2.46. The highest BCUT2D eigenvalue weighted by atomic mass is 16.4. The number of amides is 3. The highest BCUT2D eigenvalue weighted by molar-refractivity contribution is 5.96. The Morgan fingerprint density at radius 3 is 2.73 bits per heavy atom. The first-order chi connectivity index (χ1) is 15.7. The van der Waals surface area contributed by atoms with Crippen LogP contribution in [0.25, 0.3) is 0 Å². The van der Waals surface area contributed by atoms with E-state index in [0.29, 0.717) is 13.1 Å². The second kappa shape index (κ2) is 9.02. The molecule has 1 unspecified atom stereocenters. The number of carboxylic acid groups (broad SMARTS) is 1. The smallest absolute Gasteiger partial charge is 0.356 e. The van der Waals surface area contributed by atoms with Crippen LogP contribution >= 0.6 is 0 Å². The molecule has 0 radical (unpaired) electrons. The molecule has 0 aliphatic carbocycles. The minimum absolute atomic E-state index is 0.141. The second-order valence-electron chi connectivity index (χ2n) is 8.34. The van der Waals surface area contributed by atoms with E-state index >= 15 is 0 Å². The van der Waals surface area contributed by atoms with Crippen LogP contribution in [0.1, 0.15) is 47.4 Å². The third-order valence-corrected chi connectivity index (χ3v) is 5.94. The predicted octanol–water partition coefficient (Wildman–Crippen LogP) is 0.903. The number of carbonyl (C=O) groups excluding carboxylic acids is 3. The second-order valence-corrected chi connectivity index (χ2v) is 8.34. The zero-order valence-electron chi connectivity index (χ0n) is 18.4. The maximum absolute atomic E-state index is 13.2.